The van der Waals surface area contributed by atoms with Crippen LogP contribution in [0.1, 0.15) is 44.6 Å². The van der Waals surface area contributed by atoms with E-state index >= 15 is 0 Å². The van der Waals surface area contributed by atoms with Crippen molar-refractivity contribution in [1.82, 2.24) is 0 Å². The number of halogens is 2. The maximum Gasteiger partial charge on any atom is 0.0595 e. The molecule has 0 amide bonds. The summed E-state index contributed by atoms with van der Waals surface area (Å²) in [6.07, 6.45) is 7.47. The minimum absolute atomic E-state index is 0.238. The van der Waals surface area contributed by atoms with Crippen LogP contribution in [0.5, 0.6) is 0 Å². The second-order valence-electron chi connectivity index (χ2n) is 5.73. The minimum Gasteiger partial charge on any atom is -0.327 e. The van der Waals surface area contributed by atoms with Gasteiger partial charge in [-0.3, -0.25) is 0 Å². The topological polar surface area (TPSA) is 26.0 Å². The Kier molecular flexibility index (Phi) is 5.56. The summed E-state index contributed by atoms with van der Waals surface area (Å²) < 4.78 is 0. The monoisotopic (exact) mass is 299 g/mol. The predicted molar refractivity (Wildman–Crippen MR) is 83.9 cm³/mol. The second kappa shape index (κ2) is 6.97. The standard InChI is InChI=1S/C16H23Cl2N/c1-2-12-5-3-4-6-13(12)16(19)10-11-7-8-14(17)15(18)9-11/h7-9,12-13,16H,2-6,10,19H2,1H3. The molecule has 1 fully saturated rings. The summed E-state index contributed by atoms with van der Waals surface area (Å²) in [7, 11) is 0. The van der Waals surface area contributed by atoms with E-state index in [9.17, 15) is 0 Å². The number of hydrogen-bond acceptors (Lipinski definition) is 1. The Hall–Kier alpha value is -0.240. The molecule has 1 nitrogen and oxygen atoms in total. The SMILES string of the molecule is CCC1CCCCC1C(N)Cc1ccc(Cl)c(Cl)c1. The lowest BCUT2D eigenvalue weighted by atomic mass is 9.73. The average molecular weight is 300 g/mol. The molecule has 0 radical (unpaired) electrons. The molecule has 0 bridgehead atoms. The van der Waals surface area contributed by atoms with Crippen LogP contribution in [0.25, 0.3) is 0 Å². The van der Waals surface area contributed by atoms with Gasteiger partial charge in [-0.25, -0.2) is 0 Å². The molecule has 0 heterocycles. The van der Waals surface area contributed by atoms with Gasteiger partial charge < -0.3 is 5.73 Å². The Morgan fingerprint density at radius 2 is 1.95 bits per heavy atom. The molecule has 1 aliphatic rings. The summed E-state index contributed by atoms with van der Waals surface area (Å²) in [6.45, 7) is 2.29. The van der Waals surface area contributed by atoms with Crippen LogP contribution in [-0.2, 0) is 6.42 Å². The van der Waals surface area contributed by atoms with Gasteiger partial charge in [0, 0.05) is 6.04 Å². The summed E-state index contributed by atoms with van der Waals surface area (Å²) in [4.78, 5) is 0. The van der Waals surface area contributed by atoms with Crippen LogP contribution < -0.4 is 5.73 Å². The Labute approximate surface area is 126 Å². The van der Waals surface area contributed by atoms with E-state index in [0.717, 1.165) is 12.3 Å². The molecular weight excluding hydrogens is 277 g/mol. The van der Waals surface area contributed by atoms with E-state index in [4.69, 9.17) is 28.9 Å². The van der Waals surface area contributed by atoms with Crippen molar-refractivity contribution in [3.8, 4) is 0 Å². The molecule has 0 saturated heterocycles. The van der Waals surface area contributed by atoms with Crippen LogP contribution in [0.2, 0.25) is 10.0 Å². The van der Waals surface area contributed by atoms with Gasteiger partial charge in [-0.15, -0.1) is 0 Å². The number of nitrogens with two attached hydrogens (primary N) is 1. The lowest BCUT2D eigenvalue weighted by Crippen LogP contribution is -2.38. The van der Waals surface area contributed by atoms with Gasteiger partial charge in [-0.05, 0) is 42.4 Å². The molecule has 1 aromatic rings. The van der Waals surface area contributed by atoms with Gasteiger partial charge in [0.25, 0.3) is 0 Å². The summed E-state index contributed by atoms with van der Waals surface area (Å²) >= 11 is 12.0. The van der Waals surface area contributed by atoms with Crippen molar-refractivity contribution in [2.45, 2.75) is 51.5 Å². The van der Waals surface area contributed by atoms with Gasteiger partial charge in [0.2, 0.25) is 0 Å². The molecule has 2 rings (SSSR count). The molecule has 3 unspecified atom stereocenters. The third kappa shape index (κ3) is 3.87. The van der Waals surface area contributed by atoms with Crippen LogP contribution in [0.4, 0.5) is 0 Å². The van der Waals surface area contributed by atoms with E-state index < -0.39 is 0 Å². The zero-order chi connectivity index (χ0) is 13.8. The van der Waals surface area contributed by atoms with Crippen LogP contribution in [0.3, 0.4) is 0 Å². The molecule has 106 valence electrons. The van der Waals surface area contributed by atoms with Crippen molar-refractivity contribution in [2.24, 2.45) is 17.6 Å². The summed E-state index contributed by atoms with van der Waals surface area (Å²) in [5.41, 5.74) is 7.66. The fourth-order valence-corrected chi connectivity index (χ4v) is 3.72. The zero-order valence-corrected chi connectivity index (χ0v) is 13.1. The van der Waals surface area contributed by atoms with E-state index in [2.05, 4.69) is 6.92 Å². The number of hydrogen-bond donors (Lipinski definition) is 1. The van der Waals surface area contributed by atoms with Crippen LogP contribution >= 0.6 is 23.2 Å². The molecule has 0 aliphatic heterocycles. The van der Waals surface area contributed by atoms with E-state index in [1.54, 1.807) is 0 Å². The highest BCUT2D eigenvalue weighted by atomic mass is 35.5. The fourth-order valence-electron chi connectivity index (χ4n) is 3.40. The highest BCUT2D eigenvalue weighted by molar-refractivity contribution is 6.42. The quantitative estimate of drug-likeness (QED) is 0.824. The van der Waals surface area contributed by atoms with Crippen molar-refractivity contribution in [1.29, 1.82) is 0 Å². The van der Waals surface area contributed by atoms with Gasteiger partial charge in [0.05, 0.1) is 10.0 Å². The van der Waals surface area contributed by atoms with Crippen molar-refractivity contribution >= 4 is 23.2 Å². The fraction of sp³-hybridized carbons (Fsp3) is 0.625. The zero-order valence-electron chi connectivity index (χ0n) is 11.5. The Morgan fingerprint density at radius 1 is 1.21 bits per heavy atom. The summed E-state index contributed by atoms with van der Waals surface area (Å²) in [6, 6.07) is 6.10. The van der Waals surface area contributed by atoms with E-state index in [0.29, 0.717) is 16.0 Å². The first-order chi connectivity index (χ1) is 9.11. The van der Waals surface area contributed by atoms with Gasteiger partial charge in [-0.2, -0.15) is 0 Å². The predicted octanol–water partition coefficient (Wildman–Crippen LogP) is 5.08. The maximum absolute atomic E-state index is 6.46. The molecule has 1 aromatic carbocycles. The van der Waals surface area contributed by atoms with E-state index in [1.165, 1.54) is 37.7 Å². The van der Waals surface area contributed by atoms with Gasteiger partial charge in [-0.1, -0.05) is 61.9 Å². The molecule has 1 aliphatic carbocycles. The lowest BCUT2D eigenvalue weighted by Gasteiger charge is -2.35. The van der Waals surface area contributed by atoms with Gasteiger partial charge >= 0.3 is 0 Å². The first-order valence-electron chi connectivity index (χ1n) is 7.31. The van der Waals surface area contributed by atoms with E-state index in [-0.39, 0.29) is 6.04 Å². The maximum atomic E-state index is 6.46. The average Bonchev–Trinajstić information content (AvgIpc) is 2.43. The molecule has 0 spiro atoms. The van der Waals surface area contributed by atoms with Crippen LogP contribution in [0.15, 0.2) is 18.2 Å². The van der Waals surface area contributed by atoms with Gasteiger partial charge in [0.1, 0.15) is 0 Å². The van der Waals surface area contributed by atoms with Crippen molar-refractivity contribution in [3.63, 3.8) is 0 Å². The second-order valence-corrected chi connectivity index (χ2v) is 6.55. The highest BCUT2D eigenvalue weighted by Gasteiger charge is 2.28. The van der Waals surface area contributed by atoms with Crippen molar-refractivity contribution in [2.75, 3.05) is 0 Å². The van der Waals surface area contributed by atoms with E-state index in [1.807, 2.05) is 18.2 Å². The van der Waals surface area contributed by atoms with Crippen LogP contribution in [0, 0.1) is 11.8 Å². The highest BCUT2D eigenvalue weighted by Crippen LogP contribution is 2.35. The van der Waals surface area contributed by atoms with Crippen molar-refractivity contribution < 1.29 is 0 Å². The number of rotatable bonds is 4. The lowest BCUT2D eigenvalue weighted by molar-refractivity contribution is 0.195. The molecular formula is C16H23Cl2N. The Balaban J connectivity index is 2.02. The summed E-state index contributed by atoms with van der Waals surface area (Å²) in [5, 5.41) is 1.24. The summed E-state index contributed by atoms with van der Waals surface area (Å²) in [5.74, 6) is 1.46. The first kappa shape index (κ1) is 15.2. The molecule has 1 saturated carbocycles. The smallest absolute Gasteiger partial charge is 0.0595 e. The molecule has 2 N–H and O–H groups in total. The Bertz CT molecular complexity index is 419. The third-order valence-corrected chi connectivity index (χ3v) is 5.24. The molecule has 3 heteroatoms. The first-order valence-corrected chi connectivity index (χ1v) is 8.07. The molecule has 19 heavy (non-hydrogen) atoms. The number of benzene rings is 1. The molecule has 3 atom stereocenters. The normalized spacial score (nSPS) is 25.3. The largest absolute Gasteiger partial charge is 0.327 e. The molecule has 0 aromatic heterocycles. The third-order valence-electron chi connectivity index (χ3n) is 4.50. The minimum atomic E-state index is 0.238. The van der Waals surface area contributed by atoms with Crippen LogP contribution in [-0.4, -0.2) is 6.04 Å². The van der Waals surface area contributed by atoms with Gasteiger partial charge in [0.15, 0.2) is 0 Å². The Morgan fingerprint density at radius 3 is 2.63 bits per heavy atom. The van der Waals surface area contributed by atoms with Crippen molar-refractivity contribution in [3.05, 3.63) is 33.8 Å².